The SMILES string of the molecule is CC1(c2ccccc2)CC(=O)N(c2ccc(S(=O)(=O)Nc3ccccn3)cc2)C1=O.O=C(O)C(F)(F)F. The Hall–Kier alpha value is -4.26. The molecule has 2 heterocycles. The number of aliphatic carboxylic acids is 1. The zero-order valence-electron chi connectivity index (χ0n) is 19.1. The molecular weight excluding hydrogens is 515 g/mol. The van der Waals surface area contributed by atoms with E-state index in [2.05, 4.69) is 9.71 Å². The summed E-state index contributed by atoms with van der Waals surface area (Å²) in [7, 11) is -3.85. The van der Waals surface area contributed by atoms with Crippen molar-refractivity contribution in [1.29, 1.82) is 0 Å². The summed E-state index contributed by atoms with van der Waals surface area (Å²) >= 11 is 0. The van der Waals surface area contributed by atoms with Gasteiger partial charge in [0.15, 0.2) is 0 Å². The van der Waals surface area contributed by atoms with Crippen LogP contribution in [0, 0.1) is 0 Å². The van der Waals surface area contributed by atoms with Gasteiger partial charge in [0.05, 0.1) is 16.0 Å². The van der Waals surface area contributed by atoms with Crippen LogP contribution in [0.2, 0.25) is 0 Å². The fraction of sp³-hybridized carbons (Fsp3) is 0.167. The van der Waals surface area contributed by atoms with Gasteiger partial charge in [-0.25, -0.2) is 23.1 Å². The number of anilines is 2. The quantitative estimate of drug-likeness (QED) is 0.476. The summed E-state index contributed by atoms with van der Waals surface area (Å²) in [4.78, 5) is 39.8. The van der Waals surface area contributed by atoms with Crippen LogP contribution in [-0.4, -0.2) is 42.5 Å². The lowest BCUT2D eigenvalue weighted by molar-refractivity contribution is -0.192. The second-order valence-electron chi connectivity index (χ2n) is 8.03. The maximum absolute atomic E-state index is 13.1. The molecule has 1 aromatic heterocycles. The molecule has 0 bridgehead atoms. The second kappa shape index (κ2) is 10.4. The number of nitrogens with zero attached hydrogens (tertiary/aromatic N) is 2. The van der Waals surface area contributed by atoms with Gasteiger partial charge in [0, 0.05) is 12.6 Å². The first-order valence-electron chi connectivity index (χ1n) is 10.5. The largest absolute Gasteiger partial charge is 0.490 e. The number of sulfonamides is 1. The van der Waals surface area contributed by atoms with Crippen LogP contribution in [0.3, 0.4) is 0 Å². The van der Waals surface area contributed by atoms with Gasteiger partial charge in [-0.05, 0) is 48.9 Å². The molecule has 2 N–H and O–H groups in total. The zero-order chi connectivity index (χ0) is 27.4. The molecular formula is C24H20F3N3O6S. The highest BCUT2D eigenvalue weighted by Gasteiger charge is 2.49. The van der Waals surface area contributed by atoms with Gasteiger partial charge >= 0.3 is 12.1 Å². The Bertz CT molecular complexity index is 1400. The Morgan fingerprint density at radius 1 is 1.00 bits per heavy atom. The number of halogens is 3. The Morgan fingerprint density at radius 3 is 2.08 bits per heavy atom. The summed E-state index contributed by atoms with van der Waals surface area (Å²) < 4.78 is 59.2. The van der Waals surface area contributed by atoms with E-state index in [9.17, 15) is 31.2 Å². The molecule has 13 heteroatoms. The third-order valence-corrected chi connectivity index (χ3v) is 6.76. The van der Waals surface area contributed by atoms with E-state index in [-0.39, 0.29) is 28.9 Å². The number of imide groups is 1. The third kappa shape index (κ3) is 6.12. The predicted octanol–water partition coefficient (Wildman–Crippen LogP) is 3.74. The lowest BCUT2D eigenvalue weighted by atomic mass is 9.81. The zero-order valence-corrected chi connectivity index (χ0v) is 20.0. The molecule has 0 spiro atoms. The van der Waals surface area contributed by atoms with Crippen molar-refractivity contribution in [3.05, 3.63) is 84.6 Å². The van der Waals surface area contributed by atoms with E-state index in [0.717, 1.165) is 10.5 Å². The van der Waals surface area contributed by atoms with Crippen molar-refractivity contribution in [2.24, 2.45) is 0 Å². The number of alkyl halides is 3. The van der Waals surface area contributed by atoms with Crippen molar-refractivity contribution >= 4 is 39.3 Å². The normalized spacial score (nSPS) is 17.7. The van der Waals surface area contributed by atoms with Gasteiger partial charge in [0.2, 0.25) is 11.8 Å². The summed E-state index contributed by atoms with van der Waals surface area (Å²) in [6.45, 7) is 1.75. The van der Waals surface area contributed by atoms with Gasteiger partial charge in [-0.1, -0.05) is 36.4 Å². The third-order valence-electron chi connectivity index (χ3n) is 5.39. The molecule has 0 aliphatic carbocycles. The Kier molecular flexibility index (Phi) is 7.67. The van der Waals surface area contributed by atoms with Gasteiger partial charge in [-0.15, -0.1) is 0 Å². The van der Waals surface area contributed by atoms with Crippen molar-refractivity contribution in [3.8, 4) is 0 Å². The van der Waals surface area contributed by atoms with Gasteiger partial charge in [-0.2, -0.15) is 13.2 Å². The van der Waals surface area contributed by atoms with Crippen LogP contribution in [0.4, 0.5) is 24.7 Å². The molecule has 1 unspecified atom stereocenters. The molecule has 1 aliphatic rings. The van der Waals surface area contributed by atoms with Crippen molar-refractivity contribution in [3.63, 3.8) is 0 Å². The van der Waals surface area contributed by atoms with Crippen molar-refractivity contribution in [1.82, 2.24) is 4.98 Å². The highest BCUT2D eigenvalue weighted by molar-refractivity contribution is 7.92. The number of carboxylic acids is 1. The number of rotatable bonds is 5. The lowest BCUT2D eigenvalue weighted by Crippen LogP contribution is -2.36. The van der Waals surface area contributed by atoms with Crippen LogP contribution in [0.15, 0.2) is 83.9 Å². The van der Waals surface area contributed by atoms with Crippen LogP contribution >= 0.6 is 0 Å². The molecule has 1 saturated heterocycles. The van der Waals surface area contributed by atoms with E-state index < -0.39 is 27.6 Å². The van der Waals surface area contributed by atoms with E-state index in [1.165, 1.54) is 36.5 Å². The summed E-state index contributed by atoms with van der Waals surface area (Å²) in [6, 6.07) is 19.7. The smallest absolute Gasteiger partial charge is 0.475 e. The van der Waals surface area contributed by atoms with Crippen molar-refractivity contribution in [2.45, 2.75) is 29.8 Å². The standard InChI is InChI=1S/C22H19N3O4S.C2HF3O2/c1-22(16-7-3-2-4-8-16)15-20(26)25(21(22)27)17-10-12-18(13-11-17)30(28,29)24-19-9-5-6-14-23-19;3-2(4,5)1(6)7/h2-14H,15H2,1H3,(H,23,24);(H,6,7). The monoisotopic (exact) mass is 535 g/mol. The number of benzene rings is 2. The van der Waals surface area contributed by atoms with E-state index >= 15 is 0 Å². The molecule has 3 aromatic rings. The first kappa shape index (κ1) is 27.3. The van der Waals surface area contributed by atoms with Gasteiger partial charge < -0.3 is 5.11 Å². The second-order valence-corrected chi connectivity index (χ2v) is 9.71. The molecule has 2 aromatic carbocycles. The predicted molar refractivity (Wildman–Crippen MR) is 126 cm³/mol. The van der Waals surface area contributed by atoms with E-state index in [1.54, 1.807) is 19.1 Å². The van der Waals surface area contributed by atoms with Crippen LogP contribution in [0.25, 0.3) is 0 Å². The lowest BCUT2D eigenvalue weighted by Gasteiger charge is -2.22. The van der Waals surface area contributed by atoms with E-state index in [4.69, 9.17) is 9.90 Å². The van der Waals surface area contributed by atoms with Crippen LogP contribution in [0.5, 0.6) is 0 Å². The summed E-state index contributed by atoms with van der Waals surface area (Å²) in [5.41, 5.74) is 0.148. The number of hydrogen-bond donors (Lipinski definition) is 2. The maximum Gasteiger partial charge on any atom is 0.490 e. The van der Waals surface area contributed by atoms with Crippen LogP contribution in [0.1, 0.15) is 18.9 Å². The molecule has 1 fully saturated rings. The van der Waals surface area contributed by atoms with Gasteiger partial charge in [0.1, 0.15) is 5.82 Å². The molecule has 4 rings (SSSR count). The van der Waals surface area contributed by atoms with Crippen LogP contribution < -0.4 is 9.62 Å². The van der Waals surface area contributed by atoms with Gasteiger partial charge in [0.25, 0.3) is 10.0 Å². The number of hydrogen-bond acceptors (Lipinski definition) is 6. The maximum atomic E-state index is 13.1. The number of carbonyl (C=O) groups is 3. The minimum Gasteiger partial charge on any atom is -0.475 e. The van der Waals surface area contributed by atoms with E-state index in [0.29, 0.717) is 5.69 Å². The highest BCUT2D eigenvalue weighted by atomic mass is 32.2. The topological polar surface area (TPSA) is 134 Å². The first-order chi connectivity index (χ1) is 17.3. The number of carbonyl (C=O) groups excluding carboxylic acids is 2. The molecule has 1 atom stereocenters. The number of amides is 2. The van der Waals surface area contributed by atoms with Crippen molar-refractivity contribution < 1.29 is 41.1 Å². The average molecular weight is 536 g/mol. The molecule has 0 saturated carbocycles. The minimum atomic E-state index is -5.08. The van der Waals surface area contributed by atoms with Crippen LogP contribution in [-0.2, 0) is 29.8 Å². The molecule has 1 aliphatic heterocycles. The summed E-state index contributed by atoms with van der Waals surface area (Å²) in [5, 5.41) is 7.12. The number of nitrogens with one attached hydrogen (secondary N) is 1. The fourth-order valence-corrected chi connectivity index (χ4v) is 4.51. The number of aromatic nitrogens is 1. The van der Waals surface area contributed by atoms with Crippen molar-refractivity contribution in [2.75, 3.05) is 9.62 Å². The number of carboxylic acid groups (broad SMARTS) is 1. The molecule has 9 nitrogen and oxygen atoms in total. The summed E-state index contributed by atoms with van der Waals surface area (Å²) in [5.74, 6) is -3.22. The minimum absolute atomic E-state index is 0.00168. The molecule has 194 valence electrons. The number of pyridine rings is 1. The Labute approximate surface area is 209 Å². The highest BCUT2D eigenvalue weighted by Crippen LogP contribution is 2.38. The molecule has 37 heavy (non-hydrogen) atoms. The average Bonchev–Trinajstić information content (AvgIpc) is 3.08. The van der Waals surface area contributed by atoms with Gasteiger partial charge in [-0.3, -0.25) is 14.3 Å². The molecule has 0 radical (unpaired) electrons. The Morgan fingerprint density at radius 2 is 1.57 bits per heavy atom. The fourth-order valence-electron chi connectivity index (χ4n) is 3.50. The Balaban J connectivity index is 0.000000479. The first-order valence-corrected chi connectivity index (χ1v) is 12.0. The van der Waals surface area contributed by atoms with E-state index in [1.807, 2.05) is 30.3 Å². The molecule has 2 amide bonds. The summed E-state index contributed by atoms with van der Waals surface area (Å²) in [6.07, 6.45) is -3.55.